The summed E-state index contributed by atoms with van der Waals surface area (Å²) in [6, 6.07) is 0. The summed E-state index contributed by atoms with van der Waals surface area (Å²) in [7, 11) is -8.22. The molecule has 0 aromatic carbocycles. The van der Waals surface area contributed by atoms with Crippen LogP contribution in [0.4, 0.5) is 0 Å². The molecule has 0 aliphatic carbocycles. The molecule has 5 nitrogen and oxygen atoms in total. The van der Waals surface area contributed by atoms with E-state index in [4.69, 9.17) is 9.79 Å². The molecule has 0 bridgehead atoms. The van der Waals surface area contributed by atoms with Crippen molar-refractivity contribution in [1.29, 1.82) is 0 Å². The monoisotopic (exact) mass is 432 g/mol. The highest BCUT2D eigenvalue weighted by Crippen LogP contribution is 2.54. The van der Waals surface area contributed by atoms with Crippen molar-refractivity contribution in [3.63, 3.8) is 0 Å². The van der Waals surface area contributed by atoms with Gasteiger partial charge in [-0.1, -0.05) is 47.1 Å². The van der Waals surface area contributed by atoms with E-state index in [9.17, 15) is 14.0 Å². The second-order valence-electron chi connectivity index (χ2n) is 7.50. The normalized spacial score (nSPS) is 16.6. The Morgan fingerprint density at radius 1 is 0.750 bits per heavy atom. The molecule has 0 aromatic rings. The van der Waals surface area contributed by atoms with Crippen LogP contribution in [0, 0.1) is 0 Å². The summed E-state index contributed by atoms with van der Waals surface area (Å²) >= 11 is 0. The second-order valence-corrected chi connectivity index (χ2v) is 12.1. The van der Waals surface area contributed by atoms with Gasteiger partial charge < -0.3 is 14.7 Å². The molecule has 7 heteroatoms. The van der Waals surface area contributed by atoms with Crippen LogP contribution >= 0.6 is 15.0 Å². The molecule has 1 unspecified atom stereocenters. The molecule has 0 aliphatic heterocycles. The minimum atomic E-state index is -4.45. The molecule has 3 N–H and O–H groups in total. The summed E-state index contributed by atoms with van der Waals surface area (Å²) in [4.78, 5) is 27.3. The molecule has 0 aromatic heterocycles. The quantitative estimate of drug-likeness (QED) is 0.214. The van der Waals surface area contributed by atoms with Crippen LogP contribution in [0.5, 0.6) is 0 Å². The zero-order chi connectivity index (χ0) is 21.6. The summed E-state index contributed by atoms with van der Waals surface area (Å²) < 4.78 is 22.6. The highest BCUT2D eigenvalue weighted by atomic mass is 31.2. The van der Waals surface area contributed by atoms with Crippen LogP contribution in [0.3, 0.4) is 0 Å². The van der Waals surface area contributed by atoms with Crippen molar-refractivity contribution in [2.45, 2.75) is 72.6 Å². The summed E-state index contributed by atoms with van der Waals surface area (Å²) in [5.41, 5.74) is 3.93. The first-order valence-corrected chi connectivity index (χ1v) is 13.7. The van der Waals surface area contributed by atoms with E-state index in [1.807, 2.05) is 19.9 Å². The van der Waals surface area contributed by atoms with Gasteiger partial charge in [0.05, 0.1) is 0 Å². The average molecular weight is 432 g/mol. The Kier molecular flexibility index (Phi) is 14.0. The van der Waals surface area contributed by atoms with Crippen molar-refractivity contribution in [3.05, 3.63) is 47.1 Å². The fourth-order valence-electron chi connectivity index (χ4n) is 2.75. The van der Waals surface area contributed by atoms with E-state index in [1.165, 1.54) is 11.1 Å². The lowest BCUT2D eigenvalue weighted by molar-refractivity contribution is 0.376. The highest BCUT2D eigenvalue weighted by Gasteiger charge is 2.28. The molecular weight excluding hydrogens is 394 g/mol. The molecule has 0 aliphatic rings. The van der Waals surface area contributed by atoms with Crippen molar-refractivity contribution in [2.24, 2.45) is 0 Å². The van der Waals surface area contributed by atoms with Crippen molar-refractivity contribution in [3.8, 4) is 0 Å². The maximum atomic E-state index is 11.8. The molecule has 0 saturated heterocycles. The fraction of sp³-hybridized carbons (Fsp3) is 0.619. The summed E-state index contributed by atoms with van der Waals surface area (Å²) in [5.74, 6) is -0.932. The van der Waals surface area contributed by atoms with Crippen LogP contribution in [0.2, 0.25) is 0 Å². The fourth-order valence-corrected chi connectivity index (χ4v) is 6.15. The number of allylic oxidation sites excluding steroid dienone is 8. The van der Waals surface area contributed by atoms with Gasteiger partial charge in [-0.15, -0.1) is 0 Å². The van der Waals surface area contributed by atoms with Gasteiger partial charge in [-0.25, -0.2) is 0 Å². The first-order valence-electron chi connectivity index (χ1n) is 9.88. The lowest BCUT2D eigenvalue weighted by Gasteiger charge is -2.11. The van der Waals surface area contributed by atoms with Gasteiger partial charge in [-0.2, -0.15) is 0 Å². The Bertz CT molecular complexity index is 668. The number of hydrogen-bond acceptors (Lipinski definition) is 2. The Balaban J connectivity index is 4.18. The predicted octanol–water partition coefficient (Wildman–Crippen LogP) is 6.54. The zero-order valence-electron chi connectivity index (χ0n) is 17.8. The van der Waals surface area contributed by atoms with Crippen molar-refractivity contribution >= 4 is 15.0 Å². The van der Waals surface area contributed by atoms with Crippen molar-refractivity contribution in [2.75, 3.05) is 12.1 Å². The molecule has 0 saturated carbocycles. The summed E-state index contributed by atoms with van der Waals surface area (Å²) in [5, 5.41) is 0. The lowest BCUT2D eigenvalue weighted by Crippen LogP contribution is -1.95. The van der Waals surface area contributed by atoms with E-state index in [-0.39, 0.29) is 6.16 Å². The molecule has 0 heterocycles. The van der Waals surface area contributed by atoms with Crippen LogP contribution in [0.1, 0.15) is 72.6 Å². The SMILES string of the molecule is CC=CCC/C(C)=C/CC/C(C)=C/CC/C(C)=C/CCP(=O)(O)CP(=O)(O)O. The van der Waals surface area contributed by atoms with Crippen LogP contribution in [0.25, 0.3) is 0 Å². The van der Waals surface area contributed by atoms with E-state index in [1.54, 1.807) is 0 Å². The van der Waals surface area contributed by atoms with Gasteiger partial charge in [0.15, 0.2) is 0 Å². The maximum Gasteiger partial charge on any atom is 0.335 e. The minimum Gasteiger partial charge on any atom is -0.344 e. The van der Waals surface area contributed by atoms with Gasteiger partial charge in [0.25, 0.3) is 0 Å². The maximum absolute atomic E-state index is 11.8. The topological polar surface area (TPSA) is 94.8 Å². The average Bonchev–Trinajstić information content (AvgIpc) is 2.52. The molecule has 0 radical (unpaired) electrons. The van der Waals surface area contributed by atoms with E-state index in [2.05, 4.69) is 38.2 Å². The number of hydrogen-bond donors (Lipinski definition) is 3. The van der Waals surface area contributed by atoms with Gasteiger partial charge in [0, 0.05) is 6.16 Å². The largest absolute Gasteiger partial charge is 0.344 e. The van der Waals surface area contributed by atoms with Gasteiger partial charge in [0.1, 0.15) is 5.90 Å². The molecule has 1 atom stereocenters. The molecule has 0 rings (SSSR count). The second kappa shape index (κ2) is 14.3. The minimum absolute atomic E-state index is 0.0932. The Hall–Kier alpha value is -0.700. The van der Waals surface area contributed by atoms with Crippen LogP contribution in [-0.2, 0) is 9.13 Å². The van der Waals surface area contributed by atoms with Crippen LogP contribution < -0.4 is 0 Å². The molecule has 0 amide bonds. The van der Waals surface area contributed by atoms with Gasteiger partial charge >= 0.3 is 7.60 Å². The van der Waals surface area contributed by atoms with Gasteiger partial charge in [-0.05, 0) is 72.6 Å². The van der Waals surface area contributed by atoms with Gasteiger partial charge in [-0.3, -0.25) is 9.13 Å². The van der Waals surface area contributed by atoms with Crippen molar-refractivity contribution < 1.29 is 23.8 Å². The summed E-state index contributed by atoms with van der Waals surface area (Å²) in [6.45, 7) is 8.35. The Morgan fingerprint density at radius 2 is 1.18 bits per heavy atom. The first kappa shape index (κ1) is 27.3. The third-order valence-electron chi connectivity index (χ3n) is 4.38. The number of rotatable bonds is 14. The third kappa shape index (κ3) is 17.4. The molecule has 0 spiro atoms. The van der Waals surface area contributed by atoms with Crippen molar-refractivity contribution in [1.82, 2.24) is 0 Å². The van der Waals surface area contributed by atoms with Crippen LogP contribution in [0.15, 0.2) is 47.1 Å². The Morgan fingerprint density at radius 3 is 1.61 bits per heavy atom. The third-order valence-corrected chi connectivity index (χ3v) is 8.58. The molecule has 28 heavy (non-hydrogen) atoms. The zero-order valence-corrected chi connectivity index (χ0v) is 19.6. The lowest BCUT2D eigenvalue weighted by atomic mass is 10.0. The molecule has 162 valence electrons. The van der Waals surface area contributed by atoms with E-state index < -0.39 is 20.9 Å². The molecule has 0 fully saturated rings. The standard InChI is InChI=1S/C21H38O5P2/c1-5-6-7-11-19(2)12-8-13-20(3)14-9-15-21(4)16-10-17-27(22,23)18-28(24,25)26/h5-6,12,14,16H,7-11,13,15,17-18H2,1-4H3,(H,22,23)(H2,24,25,26)/b6-5?,19-12+,20-14+,21-16+. The smallest absolute Gasteiger partial charge is 0.335 e. The molecular formula is C21H38O5P2. The summed E-state index contributed by atoms with van der Waals surface area (Å²) in [6.07, 6.45) is 17.1. The van der Waals surface area contributed by atoms with Gasteiger partial charge in [0.2, 0.25) is 7.37 Å². The first-order chi connectivity index (χ1) is 12.9. The van der Waals surface area contributed by atoms with E-state index >= 15 is 0 Å². The Labute approximate surface area is 171 Å². The van der Waals surface area contributed by atoms with E-state index in [0.717, 1.165) is 44.1 Å². The van der Waals surface area contributed by atoms with Crippen LogP contribution in [-0.4, -0.2) is 26.7 Å². The predicted molar refractivity (Wildman–Crippen MR) is 120 cm³/mol. The van der Waals surface area contributed by atoms with E-state index in [0.29, 0.717) is 6.42 Å². The highest BCUT2D eigenvalue weighted by molar-refractivity contribution is 7.72.